The Morgan fingerprint density at radius 1 is 1.10 bits per heavy atom. The van der Waals surface area contributed by atoms with E-state index in [0.29, 0.717) is 27.4 Å². The molecule has 3 rings (SSSR count). The van der Waals surface area contributed by atoms with Gasteiger partial charge in [-0.05, 0) is 67.8 Å². The SMILES string of the molecule is CC(C)(Cc1ccc(Cl)s1)NC[C@@H](COc1cc(-c2ccc(C#N)cc2)ccc1C(=O)O)OC(=O)C(F)(F)F. The number of carboxylic acid groups (broad SMARTS) is 1. The first-order valence-corrected chi connectivity index (χ1v) is 12.7. The number of ether oxygens (including phenoxy) is 2. The largest absolute Gasteiger partial charge is 0.490 e. The Balaban J connectivity index is 1.80. The van der Waals surface area contributed by atoms with Gasteiger partial charge in [-0.2, -0.15) is 18.4 Å². The smallest absolute Gasteiger partial charge is 0.489 e. The van der Waals surface area contributed by atoms with E-state index in [-0.39, 0.29) is 17.9 Å². The van der Waals surface area contributed by atoms with E-state index in [1.807, 2.05) is 26.0 Å². The highest BCUT2D eigenvalue weighted by atomic mass is 35.5. The number of rotatable bonds is 11. The zero-order chi connectivity index (χ0) is 28.8. The number of nitriles is 1. The number of carbonyl (C=O) groups is 2. The van der Waals surface area contributed by atoms with Gasteiger partial charge in [-0.3, -0.25) is 0 Å². The average molecular weight is 581 g/mol. The van der Waals surface area contributed by atoms with Gasteiger partial charge in [0.15, 0.2) is 0 Å². The van der Waals surface area contributed by atoms with Gasteiger partial charge in [0.2, 0.25) is 0 Å². The number of thiophene rings is 1. The maximum absolute atomic E-state index is 13.0. The number of aromatic carboxylic acids is 1. The third-order valence-electron chi connectivity index (χ3n) is 5.54. The summed E-state index contributed by atoms with van der Waals surface area (Å²) >= 11 is 7.35. The molecule has 0 aliphatic rings. The van der Waals surface area contributed by atoms with E-state index in [0.717, 1.165) is 4.88 Å². The van der Waals surface area contributed by atoms with Crippen molar-refractivity contribution in [3.8, 4) is 22.9 Å². The average Bonchev–Trinajstić information content (AvgIpc) is 3.28. The third-order valence-corrected chi connectivity index (χ3v) is 6.77. The van der Waals surface area contributed by atoms with Crippen molar-refractivity contribution < 1.29 is 37.3 Å². The Kier molecular flexibility index (Phi) is 9.61. The molecule has 1 aromatic heterocycles. The van der Waals surface area contributed by atoms with Gasteiger partial charge in [-0.15, -0.1) is 11.3 Å². The summed E-state index contributed by atoms with van der Waals surface area (Å²) in [6.45, 7) is 2.90. The highest BCUT2D eigenvalue weighted by molar-refractivity contribution is 7.16. The van der Waals surface area contributed by atoms with Crippen LogP contribution >= 0.6 is 22.9 Å². The molecule has 0 saturated carbocycles. The van der Waals surface area contributed by atoms with Crippen molar-refractivity contribution in [3.63, 3.8) is 0 Å². The summed E-state index contributed by atoms with van der Waals surface area (Å²) < 4.78 is 49.8. The molecule has 2 aromatic carbocycles. The van der Waals surface area contributed by atoms with Crippen molar-refractivity contribution in [3.05, 3.63) is 74.9 Å². The van der Waals surface area contributed by atoms with Crippen LogP contribution in [0, 0.1) is 11.3 Å². The summed E-state index contributed by atoms with van der Waals surface area (Å²) in [5.74, 6) is -3.82. The Bertz CT molecular complexity index is 1370. The number of benzene rings is 2. The lowest BCUT2D eigenvalue weighted by Gasteiger charge is -2.29. The van der Waals surface area contributed by atoms with Crippen molar-refractivity contribution in [2.45, 2.75) is 38.1 Å². The summed E-state index contributed by atoms with van der Waals surface area (Å²) in [5, 5.41) is 21.7. The lowest BCUT2D eigenvalue weighted by atomic mass is 9.99. The van der Waals surface area contributed by atoms with Crippen molar-refractivity contribution in [2.24, 2.45) is 0 Å². The first-order valence-electron chi connectivity index (χ1n) is 11.5. The van der Waals surface area contributed by atoms with Crippen LogP contribution < -0.4 is 10.1 Å². The fourth-order valence-corrected chi connectivity index (χ4v) is 4.92. The van der Waals surface area contributed by atoms with E-state index in [1.54, 1.807) is 36.4 Å². The monoisotopic (exact) mass is 580 g/mol. The van der Waals surface area contributed by atoms with Crippen molar-refractivity contribution >= 4 is 34.9 Å². The summed E-state index contributed by atoms with van der Waals surface area (Å²) in [6.07, 6.45) is -6.12. The zero-order valence-corrected chi connectivity index (χ0v) is 22.4. The van der Waals surface area contributed by atoms with Crippen LogP contribution in [0.4, 0.5) is 13.2 Å². The molecule has 7 nitrogen and oxygen atoms in total. The van der Waals surface area contributed by atoms with Crippen LogP contribution in [0.1, 0.15) is 34.6 Å². The molecule has 0 radical (unpaired) electrons. The van der Waals surface area contributed by atoms with E-state index < -0.39 is 36.4 Å². The Labute approximate surface area is 231 Å². The van der Waals surface area contributed by atoms with Gasteiger partial charge in [0.25, 0.3) is 0 Å². The molecular formula is C27H24ClF3N2O5S. The van der Waals surface area contributed by atoms with Crippen LogP contribution in [0.15, 0.2) is 54.6 Å². The van der Waals surface area contributed by atoms with Crippen LogP contribution in [0.2, 0.25) is 4.34 Å². The maximum atomic E-state index is 13.0. The number of hydrogen-bond acceptors (Lipinski definition) is 7. The molecule has 3 aromatic rings. The summed E-state index contributed by atoms with van der Waals surface area (Å²) in [5.41, 5.74) is 0.810. The van der Waals surface area contributed by atoms with Crippen LogP contribution in [-0.2, 0) is 16.0 Å². The topological polar surface area (TPSA) is 109 Å². The molecule has 39 heavy (non-hydrogen) atoms. The standard InChI is InChI=1S/C27H24ClF3N2O5S/c1-26(2,12-20-8-10-23(28)39-20)33-14-19(38-25(36)27(29,30)31)15-37-22-11-18(7-9-21(22)24(34)35)17-5-3-16(13-32)4-6-17/h3-11,19,33H,12,14-15H2,1-2H3,(H,34,35)/t19-/m0/s1. The number of alkyl halides is 3. The molecule has 0 bridgehead atoms. The molecule has 12 heteroatoms. The number of carbonyl (C=O) groups excluding carboxylic acids is 1. The normalized spacial score (nSPS) is 12.4. The number of esters is 1. The Morgan fingerprint density at radius 2 is 1.77 bits per heavy atom. The molecule has 0 spiro atoms. The van der Waals surface area contributed by atoms with Gasteiger partial charge in [-0.25, -0.2) is 9.59 Å². The summed E-state index contributed by atoms with van der Waals surface area (Å²) in [4.78, 5) is 24.3. The second kappa shape index (κ2) is 12.5. The molecular weight excluding hydrogens is 557 g/mol. The summed E-state index contributed by atoms with van der Waals surface area (Å²) in [7, 11) is 0. The minimum Gasteiger partial charge on any atom is -0.489 e. The Hall–Kier alpha value is -3.59. The number of carboxylic acids is 1. The number of nitrogens with one attached hydrogen (secondary N) is 1. The zero-order valence-electron chi connectivity index (χ0n) is 20.8. The molecule has 1 heterocycles. The van der Waals surface area contributed by atoms with Crippen molar-refractivity contribution in [1.82, 2.24) is 5.32 Å². The van der Waals surface area contributed by atoms with Crippen LogP contribution in [0.3, 0.4) is 0 Å². The van der Waals surface area contributed by atoms with Gasteiger partial charge in [0.1, 0.15) is 24.0 Å². The minimum atomic E-state index is -5.22. The van der Waals surface area contributed by atoms with Crippen molar-refractivity contribution in [1.29, 1.82) is 5.26 Å². The predicted molar refractivity (Wildman–Crippen MR) is 140 cm³/mol. The van der Waals surface area contributed by atoms with Crippen LogP contribution in [0.5, 0.6) is 5.75 Å². The van der Waals surface area contributed by atoms with E-state index >= 15 is 0 Å². The van der Waals surface area contributed by atoms with Crippen molar-refractivity contribution in [2.75, 3.05) is 13.2 Å². The van der Waals surface area contributed by atoms with E-state index in [4.69, 9.17) is 21.6 Å². The Morgan fingerprint density at radius 3 is 2.33 bits per heavy atom. The second-order valence-corrected chi connectivity index (χ2v) is 11.0. The first-order chi connectivity index (χ1) is 18.3. The van der Waals surface area contributed by atoms with Gasteiger partial charge < -0.3 is 19.9 Å². The fraction of sp³-hybridized carbons (Fsp3) is 0.296. The lowest BCUT2D eigenvalue weighted by molar-refractivity contribution is -0.205. The highest BCUT2D eigenvalue weighted by Gasteiger charge is 2.42. The second-order valence-electron chi connectivity index (χ2n) is 9.19. The van der Waals surface area contributed by atoms with Crippen LogP contribution in [-0.4, -0.2) is 48.0 Å². The highest BCUT2D eigenvalue weighted by Crippen LogP contribution is 2.29. The number of hydrogen-bond donors (Lipinski definition) is 2. The molecule has 1 atom stereocenters. The van der Waals surface area contributed by atoms with Gasteiger partial charge in [0, 0.05) is 17.0 Å². The first kappa shape index (κ1) is 30.0. The quantitative estimate of drug-likeness (QED) is 0.264. The van der Waals surface area contributed by atoms with Crippen LogP contribution in [0.25, 0.3) is 11.1 Å². The fourth-order valence-electron chi connectivity index (χ4n) is 3.61. The van der Waals surface area contributed by atoms with E-state index in [2.05, 4.69) is 10.1 Å². The van der Waals surface area contributed by atoms with Gasteiger partial charge in [-0.1, -0.05) is 29.8 Å². The summed E-state index contributed by atoms with van der Waals surface area (Å²) in [6, 6.07) is 16.4. The molecule has 0 unspecified atom stereocenters. The number of nitrogens with zero attached hydrogens (tertiary/aromatic N) is 1. The minimum absolute atomic E-state index is 0.120. The van der Waals surface area contributed by atoms with Gasteiger partial charge >= 0.3 is 18.1 Å². The third kappa shape index (κ3) is 8.71. The van der Waals surface area contributed by atoms with E-state index in [9.17, 15) is 27.9 Å². The maximum Gasteiger partial charge on any atom is 0.490 e. The molecule has 0 aliphatic carbocycles. The molecule has 0 amide bonds. The molecule has 2 N–H and O–H groups in total. The molecule has 0 fully saturated rings. The van der Waals surface area contributed by atoms with E-state index in [1.165, 1.54) is 23.5 Å². The predicted octanol–water partition coefficient (Wildman–Crippen LogP) is 6.10. The molecule has 206 valence electrons. The van der Waals surface area contributed by atoms with Gasteiger partial charge in [0.05, 0.1) is 16.0 Å². The number of halogens is 4. The molecule has 0 saturated heterocycles. The lowest BCUT2D eigenvalue weighted by Crippen LogP contribution is -2.48. The molecule has 0 aliphatic heterocycles.